The third-order valence-electron chi connectivity index (χ3n) is 7.23. The van der Waals surface area contributed by atoms with Crippen LogP contribution in [0.3, 0.4) is 0 Å². The van der Waals surface area contributed by atoms with Gasteiger partial charge in [-0.05, 0) is 72.5 Å². The quantitative estimate of drug-likeness (QED) is 0.296. The molecule has 0 radical (unpaired) electrons. The van der Waals surface area contributed by atoms with Gasteiger partial charge in [0.05, 0.1) is 9.79 Å². The molecule has 0 unspecified atom stereocenters. The number of aryl methyl sites for hydroxylation is 1. The second-order valence-electron chi connectivity index (χ2n) is 10.4. The maximum Gasteiger partial charge on any atom is 0.294 e. The Kier molecular flexibility index (Phi) is 8.01. The summed E-state index contributed by atoms with van der Waals surface area (Å²) >= 11 is 0. The maximum absolute atomic E-state index is 11.7. The number of rotatable bonds is 8. The van der Waals surface area contributed by atoms with Gasteiger partial charge in [-0.3, -0.25) is 9.11 Å². The molecule has 0 aromatic heterocycles. The Morgan fingerprint density at radius 2 is 1.55 bits per heavy atom. The molecule has 0 fully saturated rings. The van der Waals surface area contributed by atoms with Crippen LogP contribution in [0.4, 0.5) is 5.69 Å². The molecule has 0 saturated carbocycles. The van der Waals surface area contributed by atoms with Crippen molar-refractivity contribution < 1.29 is 25.9 Å². The molecule has 0 spiro atoms. The lowest BCUT2D eigenvalue weighted by molar-refractivity contribution is 0.480. The zero-order valence-electron chi connectivity index (χ0n) is 22.6. The highest BCUT2D eigenvalue weighted by molar-refractivity contribution is 7.86. The first kappa shape index (κ1) is 29.6. The number of hydrogen-bond donors (Lipinski definition) is 2. The van der Waals surface area contributed by atoms with Crippen molar-refractivity contribution in [2.75, 3.05) is 11.4 Å². The second kappa shape index (κ2) is 10.3. The molecular formula is C29H35NO6S2. The monoisotopic (exact) mass is 557 g/mol. The molecule has 204 valence electrons. The Balaban J connectivity index is 1.86. The molecule has 7 nitrogen and oxygen atoms in total. The van der Waals surface area contributed by atoms with E-state index in [0.717, 1.165) is 33.6 Å². The van der Waals surface area contributed by atoms with Gasteiger partial charge in [0, 0.05) is 28.8 Å². The largest absolute Gasteiger partial charge is 0.344 e. The van der Waals surface area contributed by atoms with Crippen molar-refractivity contribution in [1.29, 1.82) is 0 Å². The zero-order valence-corrected chi connectivity index (χ0v) is 24.2. The fourth-order valence-corrected chi connectivity index (χ4v) is 5.87. The Morgan fingerprint density at radius 3 is 2.13 bits per heavy atom. The summed E-state index contributed by atoms with van der Waals surface area (Å²) in [5, 5.41) is 0. The zero-order chi connectivity index (χ0) is 28.7. The van der Waals surface area contributed by atoms with Crippen LogP contribution >= 0.6 is 0 Å². The van der Waals surface area contributed by atoms with Crippen molar-refractivity contribution >= 4 is 25.9 Å². The molecule has 2 aromatic rings. The number of hydrogen-bond acceptors (Lipinski definition) is 5. The number of likely N-dealkylation sites (N-methyl/N-ethyl adjacent to an activating group) is 1. The van der Waals surface area contributed by atoms with Gasteiger partial charge in [0.1, 0.15) is 0 Å². The summed E-state index contributed by atoms with van der Waals surface area (Å²) in [4.78, 5) is 1.84. The number of benzene rings is 2. The van der Waals surface area contributed by atoms with Crippen molar-refractivity contribution in [3.63, 3.8) is 0 Å². The molecule has 1 aliphatic heterocycles. The van der Waals surface area contributed by atoms with E-state index < -0.39 is 31.1 Å². The van der Waals surface area contributed by atoms with Crippen molar-refractivity contribution in [3.8, 4) is 0 Å². The van der Waals surface area contributed by atoms with E-state index in [1.807, 2.05) is 71.9 Å². The van der Waals surface area contributed by atoms with Gasteiger partial charge in [-0.15, -0.1) is 0 Å². The van der Waals surface area contributed by atoms with Crippen molar-refractivity contribution in [3.05, 3.63) is 101 Å². The molecule has 0 bridgehead atoms. The minimum absolute atomic E-state index is 0.126. The van der Waals surface area contributed by atoms with Gasteiger partial charge in [-0.2, -0.15) is 16.8 Å². The molecule has 3 rings (SSSR count). The summed E-state index contributed by atoms with van der Waals surface area (Å²) in [6.45, 7) is 16.7. The van der Waals surface area contributed by atoms with Gasteiger partial charge in [0.15, 0.2) is 0 Å². The third kappa shape index (κ3) is 5.71. The first-order chi connectivity index (χ1) is 17.4. The van der Waals surface area contributed by atoms with Crippen LogP contribution < -0.4 is 4.90 Å². The fraction of sp³-hybridized carbons (Fsp3) is 0.310. The van der Waals surface area contributed by atoms with Crippen LogP contribution in [0.1, 0.15) is 51.3 Å². The highest BCUT2D eigenvalue weighted by atomic mass is 32.2. The predicted molar refractivity (Wildman–Crippen MR) is 152 cm³/mol. The molecule has 1 heterocycles. The summed E-state index contributed by atoms with van der Waals surface area (Å²) in [5.74, 6) is 0. The molecule has 1 aliphatic rings. The number of nitrogens with zero attached hydrogens (tertiary/aromatic N) is 1. The molecule has 0 saturated heterocycles. The fourth-order valence-electron chi connectivity index (χ4n) is 4.85. The van der Waals surface area contributed by atoms with Crippen molar-refractivity contribution in [2.24, 2.45) is 0 Å². The van der Waals surface area contributed by atoms with E-state index >= 15 is 0 Å². The van der Waals surface area contributed by atoms with E-state index in [2.05, 4.69) is 11.5 Å². The van der Waals surface area contributed by atoms with Crippen molar-refractivity contribution in [2.45, 2.75) is 62.2 Å². The van der Waals surface area contributed by atoms with Crippen LogP contribution in [0.2, 0.25) is 0 Å². The Bertz CT molecular complexity index is 1580. The molecule has 0 aliphatic carbocycles. The summed E-state index contributed by atoms with van der Waals surface area (Å²) < 4.78 is 65.6. The van der Waals surface area contributed by atoms with Gasteiger partial charge in [0.2, 0.25) is 0 Å². The van der Waals surface area contributed by atoms with E-state index in [4.69, 9.17) is 0 Å². The maximum atomic E-state index is 11.7. The summed E-state index contributed by atoms with van der Waals surface area (Å²) in [5.41, 5.74) is 4.03. The van der Waals surface area contributed by atoms with Gasteiger partial charge >= 0.3 is 0 Å². The number of allylic oxidation sites excluding steroid dienone is 7. The predicted octanol–water partition coefficient (Wildman–Crippen LogP) is 6.14. The van der Waals surface area contributed by atoms with Gasteiger partial charge < -0.3 is 4.90 Å². The van der Waals surface area contributed by atoms with E-state index in [1.54, 1.807) is 12.1 Å². The minimum Gasteiger partial charge on any atom is -0.344 e. The van der Waals surface area contributed by atoms with Crippen molar-refractivity contribution in [1.82, 2.24) is 0 Å². The third-order valence-corrected chi connectivity index (χ3v) is 8.93. The topological polar surface area (TPSA) is 112 Å². The smallest absolute Gasteiger partial charge is 0.294 e. The summed E-state index contributed by atoms with van der Waals surface area (Å²) in [6, 6.07) is 9.20. The average Bonchev–Trinajstić information content (AvgIpc) is 3.02. The molecule has 0 amide bonds. The van der Waals surface area contributed by atoms with Crippen LogP contribution in [0, 0.1) is 6.92 Å². The van der Waals surface area contributed by atoms with Gasteiger partial charge in [-0.1, -0.05) is 64.6 Å². The lowest BCUT2D eigenvalue weighted by Crippen LogP contribution is -2.25. The number of anilines is 1. The highest BCUT2D eigenvalue weighted by Crippen LogP contribution is 2.48. The van der Waals surface area contributed by atoms with E-state index in [-0.39, 0.29) is 9.79 Å². The Morgan fingerprint density at radius 1 is 0.974 bits per heavy atom. The van der Waals surface area contributed by atoms with Crippen LogP contribution in [0.15, 0.2) is 94.4 Å². The molecular weight excluding hydrogens is 522 g/mol. The minimum atomic E-state index is -4.32. The first-order valence-electron chi connectivity index (χ1n) is 12.2. The van der Waals surface area contributed by atoms with Crippen LogP contribution in [-0.4, -0.2) is 32.5 Å². The second-order valence-corrected chi connectivity index (χ2v) is 13.3. The van der Waals surface area contributed by atoms with E-state index in [0.29, 0.717) is 6.54 Å². The van der Waals surface area contributed by atoms with Crippen LogP contribution in [0.25, 0.3) is 0 Å². The van der Waals surface area contributed by atoms with Crippen LogP contribution in [0.5, 0.6) is 0 Å². The van der Waals surface area contributed by atoms with Crippen LogP contribution in [-0.2, 0) is 31.1 Å². The normalized spacial score (nSPS) is 17.1. The van der Waals surface area contributed by atoms with E-state index in [9.17, 15) is 25.9 Å². The van der Waals surface area contributed by atoms with Gasteiger partial charge in [-0.25, -0.2) is 0 Å². The summed E-state index contributed by atoms with van der Waals surface area (Å²) in [6.07, 6.45) is 9.46. The number of fused-ring (bicyclic) bond motifs is 1. The molecule has 38 heavy (non-hydrogen) atoms. The average molecular weight is 558 g/mol. The summed E-state index contributed by atoms with van der Waals surface area (Å²) in [7, 11) is -8.62. The SMILES string of the molecule is C=C(/C=C/C=C/C=C1/N(CC)c2ccc(S(=O)(=O)O)cc2C1(C)C)C(C)(C)c1cc(S(=O)(=O)O)ccc1C. The van der Waals surface area contributed by atoms with E-state index in [1.165, 1.54) is 24.3 Å². The first-order valence-corrected chi connectivity index (χ1v) is 15.0. The Hall–Kier alpha value is -2.98. The molecule has 2 N–H and O–H groups in total. The highest BCUT2D eigenvalue weighted by Gasteiger charge is 2.39. The standard InChI is InChI=1S/C29H35NO6S2/c1-8-30-26-17-16-23(38(34,35)36)19-25(26)29(6,7)27(30)13-11-9-10-12-21(3)28(4,5)24-18-22(37(31,32)33)15-14-20(24)2/h9-19H,3,8H2,1-2,4-7H3,(H,31,32,33)(H,34,35,36)/b11-9+,12-10+,27-13+. The Labute approximate surface area is 226 Å². The molecule has 2 aromatic carbocycles. The molecule has 0 atom stereocenters. The van der Waals surface area contributed by atoms with Gasteiger partial charge in [0.25, 0.3) is 20.2 Å². The lowest BCUT2D eigenvalue weighted by atomic mass is 9.76. The molecule has 9 heteroatoms. The lowest BCUT2D eigenvalue weighted by Gasteiger charge is -2.28.